The first kappa shape index (κ1) is 15.8. The molecule has 0 amide bonds. The van der Waals surface area contributed by atoms with Gasteiger partial charge in [0, 0.05) is 13.1 Å². The van der Waals surface area contributed by atoms with Gasteiger partial charge in [-0.3, -0.25) is 0 Å². The highest BCUT2D eigenvalue weighted by Gasteiger charge is 2.01. The first-order chi connectivity index (χ1) is 7.81. The minimum atomic E-state index is -0.310. The van der Waals surface area contributed by atoms with Crippen molar-refractivity contribution < 1.29 is 10.2 Å². The van der Waals surface area contributed by atoms with Crippen molar-refractivity contribution in [1.82, 2.24) is 10.6 Å². The Morgan fingerprint density at radius 2 is 1.81 bits per heavy atom. The summed E-state index contributed by atoms with van der Waals surface area (Å²) in [6, 6.07) is 0. The molecule has 98 valence electrons. The van der Waals surface area contributed by atoms with E-state index in [-0.39, 0.29) is 12.7 Å². The molecule has 0 aromatic heterocycles. The lowest BCUT2D eigenvalue weighted by Gasteiger charge is -2.11. The molecule has 0 spiro atoms. The Balaban J connectivity index is 3.06. The Morgan fingerprint density at radius 1 is 1.00 bits per heavy atom. The van der Waals surface area contributed by atoms with Crippen molar-refractivity contribution in [3.05, 3.63) is 0 Å². The summed E-state index contributed by atoms with van der Waals surface area (Å²) in [6.45, 7) is 5.38. The molecule has 0 radical (unpaired) electrons. The van der Waals surface area contributed by atoms with Crippen molar-refractivity contribution >= 4 is 0 Å². The average molecular weight is 232 g/mol. The van der Waals surface area contributed by atoms with Crippen molar-refractivity contribution in [2.45, 2.75) is 45.1 Å². The molecule has 1 atom stereocenters. The molecule has 0 saturated carbocycles. The van der Waals surface area contributed by atoms with Crippen LogP contribution >= 0.6 is 0 Å². The predicted molar refractivity (Wildman–Crippen MR) is 67.6 cm³/mol. The van der Waals surface area contributed by atoms with Crippen LogP contribution in [0.4, 0.5) is 0 Å². The number of unbranched alkanes of at least 4 members (excludes halogenated alkanes) is 3. The zero-order valence-corrected chi connectivity index (χ0v) is 10.5. The van der Waals surface area contributed by atoms with E-state index in [2.05, 4.69) is 17.6 Å². The van der Waals surface area contributed by atoms with E-state index in [0.717, 1.165) is 19.5 Å². The van der Waals surface area contributed by atoms with Crippen molar-refractivity contribution in [3.8, 4) is 0 Å². The Morgan fingerprint density at radius 3 is 2.50 bits per heavy atom. The molecule has 4 N–H and O–H groups in total. The van der Waals surface area contributed by atoms with Gasteiger partial charge in [-0.1, -0.05) is 26.2 Å². The van der Waals surface area contributed by atoms with E-state index >= 15 is 0 Å². The highest BCUT2D eigenvalue weighted by Crippen LogP contribution is 1.97. The van der Waals surface area contributed by atoms with Gasteiger partial charge in [-0.2, -0.15) is 0 Å². The first-order valence-electron chi connectivity index (χ1n) is 6.51. The summed E-state index contributed by atoms with van der Waals surface area (Å²) in [4.78, 5) is 0. The number of hydrogen-bond acceptors (Lipinski definition) is 4. The third kappa shape index (κ3) is 11.9. The molecular formula is C12H28N2O2. The van der Waals surface area contributed by atoms with Crippen LogP contribution in [0.3, 0.4) is 0 Å². The van der Waals surface area contributed by atoms with E-state index in [4.69, 9.17) is 5.11 Å². The largest absolute Gasteiger partial charge is 0.395 e. The van der Waals surface area contributed by atoms with Crippen molar-refractivity contribution in [2.75, 3.05) is 32.8 Å². The molecule has 4 nitrogen and oxygen atoms in total. The lowest BCUT2D eigenvalue weighted by Crippen LogP contribution is -2.31. The number of rotatable bonds is 12. The van der Waals surface area contributed by atoms with E-state index in [0.29, 0.717) is 13.1 Å². The molecule has 0 aromatic rings. The minimum absolute atomic E-state index is 0.127. The lowest BCUT2D eigenvalue weighted by molar-refractivity contribution is 0.158. The Kier molecular flexibility index (Phi) is 12.8. The summed E-state index contributed by atoms with van der Waals surface area (Å²) in [5, 5.41) is 24.4. The van der Waals surface area contributed by atoms with Gasteiger partial charge in [0.25, 0.3) is 0 Å². The maximum Gasteiger partial charge on any atom is 0.0676 e. The van der Waals surface area contributed by atoms with Crippen LogP contribution in [0.5, 0.6) is 0 Å². The Labute approximate surface area is 99.4 Å². The fraction of sp³-hybridized carbons (Fsp3) is 1.00. The van der Waals surface area contributed by atoms with Crippen LogP contribution in [0.2, 0.25) is 0 Å². The highest BCUT2D eigenvalue weighted by molar-refractivity contribution is 4.61. The molecule has 0 fully saturated rings. The van der Waals surface area contributed by atoms with Gasteiger partial charge in [0.1, 0.15) is 0 Å². The van der Waals surface area contributed by atoms with Gasteiger partial charge in [0.15, 0.2) is 0 Å². The van der Waals surface area contributed by atoms with Crippen molar-refractivity contribution in [1.29, 1.82) is 0 Å². The predicted octanol–water partition coefficient (Wildman–Crippen LogP) is 0.489. The van der Waals surface area contributed by atoms with E-state index in [1.165, 1.54) is 25.7 Å². The van der Waals surface area contributed by atoms with Gasteiger partial charge < -0.3 is 20.8 Å². The maximum atomic E-state index is 9.53. The molecule has 0 rings (SSSR count). The molecule has 0 aromatic carbocycles. The molecule has 4 heteroatoms. The summed E-state index contributed by atoms with van der Waals surface area (Å²) >= 11 is 0. The maximum absolute atomic E-state index is 9.53. The third-order valence-corrected chi connectivity index (χ3v) is 2.53. The van der Waals surface area contributed by atoms with Crippen molar-refractivity contribution in [3.63, 3.8) is 0 Å². The van der Waals surface area contributed by atoms with Crippen LogP contribution in [0.15, 0.2) is 0 Å². The van der Waals surface area contributed by atoms with Gasteiger partial charge >= 0.3 is 0 Å². The first-order valence-corrected chi connectivity index (χ1v) is 6.51. The molecule has 0 saturated heterocycles. The second-order valence-corrected chi connectivity index (χ2v) is 4.18. The zero-order valence-electron chi connectivity index (χ0n) is 10.5. The summed E-state index contributed by atoms with van der Waals surface area (Å²) in [5.74, 6) is 0. The van der Waals surface area contributed by atoms with Crippen LogP contribution < -0.4 is 10.6 Å². The standard InChI is InChI=1S/C12H28N2O2/c1-2-3-4-5-7-13-8-6-12(16)11-14-9-10-15/h12-16H,2-11H2,1H3. The number of aliphatic hydroxyl groups excluding tert-OH is 2. The fourth-order valence-corrected chi connectivity index (χ4v) is 1.52. The molecule has 16 heavy (non-hydrogen) atoms. The van der Waals surface area contributed by atoms with Crippen LogP contribution in [-0.2, 0) is 0 Å². The summed E-state index contributed by atoms with van der Waals surface area (Å²) < 4.78 is 0. The SMILES string of the molecule is CCCCCCNCCC(O)CNCCO. The Bertz CT molecular complexity index is 134. The van der Waals surface area contributed by atoms with E-state index in [1.54, 1.807) is 0 Å². The van der Waals surface area contributed by atoms with E-state index in [9.17, 15) is 5.11 Å². The molecular weight excluding hydrogens is 204 g/mol. The number of aliphatic hydroxyl groups is 2. The second-order valence-electron chi connectivity index (χ2n) is 4.18. The molecule has 0 aliphatic rings. The molecule has 0 heterocycles. The van der Waals surface area contributed by atoms with Crippen LogP contribution in [0, 0.1) is 0 Å². The van der Waals surface area contributed by atoms with E-state index in [1.807, 2.05) is 0 Å². The third-order valence-electron chi connectivity index (χ3n) is 2.53. The van der Waals surface area contributed by atoms with Gasteiger partial charge in [0.2, 0.25) is 0 Å². The van der Waals surface area contributed by atoms with Crippen molar-refractivity contribution in [2.24, 2.45) is 0 Å². The van der Waals surface area contributed by atoms with Crippen LogP contribution in [0.25, 0.3) is 0 Å². The molecule has 0 aliphatic carbocycles. The fourth-order valence-electron chi connectivity index (χ4n) is 1.52. The smallest absolute Gasteiger partial charge is 0.0676 e. The normalized spacial score (nSPS) is 12.9. The monoisotopic (exact) mass is 232 g/mol. The van der Waals surface area contributed by atoms with Gasteiger partial charge in [-0.05, 0) is 25.9 Å². The van der Waals surface area contributed by atoms with Crippen LogP contribution in [-0.4, -0.2) is 49.1 Å². The van der Waals surface area contributed by atoms with Gasteiger partial charge in [-0.25, -0.2) is 0 Å². The molecule has 1 unspecified atom stereocenters. The quantitative estimate of drug-likeness (QED) is 0.370. The van der Waals surface area contributed by atoms with E-state index < -0.39 is 0 Å². The lowest BCUT2D eigenvalue weighted by atomic mass is 10.2. The molecule has 0 bridgehead atoms. The van der Waals surface area contributed by atoms with Crippen LogP contribution in [0.1, 0.15) is 39.0 Å². The van der Waals surface area contributed by atoms with Gasteiger partial charge in [-0.15, -0.1) is 0 Å². The summed E-state index contributed by atoms with van der Waals surface area (Å²) in [7, 11) is 0. The topological polar surface area (TPSA) is 64.5 Å². The highest BCUT2D eigenvalue weighted by atomic mass is 16.3. The second kappa shape index (κ2) is 12.9. The van der Waals surface area contributed by atoms with Gasteiger partial charge in [0.05, 0.1) is 12.7 Å². The Hall–Kier alpha value is -0.160. The molecule has 0 aliphatic heterocycles. The zero-order chi connectivity index (χ0) is 12.1. The minimum Gasteiger partial charge on any atom is -0.395 e. The number of nitrogens with one attached hydrogen (secondary N) is 2. The average Bonchev–Trinajstić information content (AvgIpc) is 2.28. The number of hydrogen-bond donors (Lipinski definition) is 4. The summed E-state index contributed by atoms with van der Waals surface area (Å²) in [6.07, 6.45) is 5.57. The summed E-state index contributed by atoms with van der Waals surface area (Å²) in [5.41, 5.74) is 0.